The number of carbonyl (C=O) groups excluding carboxylic acids is 1. The van der Waals surface area contributed by atoms with E-state index in [0.717, 1.165) is 0 Å². The van der Waals surface area contributed by atoms with Crippen LogP contribution in [0.5, 0.6) is 0 Å². The van der Waals surface area contributed by atoms with Crippen LogP contribution in [0.3, 0.4) is 0 Å². The van der Waals surface area contributed by atoms with Crippen molar-refractivity contribution in [2.24, 2.45) is 0 Å². The summed E-state index contributed by atoms with van der Waals surface area (Å²) in [7, 11) is 0. The molecule has 0 bridgehead atoms. The fourth-order valence-electron chi connectivity index (χ4n) is 1.77. The van der Waals surface area contributed by atoms with Gasteiger partial charge in [-0.2, -0.15) is 5.26 Å². The van der Waals surface area contributed by atoms with Crippen LogP contribution in [0.25, 0.3) is 0 Å². The van der Waals surface area contributed by atoms with E-state index in [1.165, 1.54) is 24.3 Å². The third kappa shape index (κ3) is 3.16. The number of nitriles is 1. The van der Waals surface area contributed by atoms with Gasteiger partial charge in [0.05, 0.1) is 22.8 Å². The van der Waals surface area contributed by atoms with Crippen molar-refractivity contribution in [1.82, 2.24) is 0 Å². The number of nitrogen functional groups attached to an aromatic ring is 1. The smallest absolute Gasteiger partial charge is 0.335 e. The number of carboxylic acid groups (broad SMARTS) is 1. The van der Waals surface area contributed by atoms with Crippen molar-refractivity contribution in [2.45, 2.75) is 0 Å². The number of hydrogen-bond acceptors (Lipinski definition) is 4. The quantitative estimate of drug-likeness (QED) is 0.745. The molecule has 4 N–H and O–H groups in total. The maximum Gasteiger partial charge on any atom is 0.335 e. The number of nitrogens with one attached hydrogen (secondary N) is 1. The van der Waals surface area contributed by atoms with Gasteiger partial charge < -0.3 is 16.2 Å². The number of aromatic carboxylic acids is 1. The fraction of sp³-hybridized carbons (Fsp3) is 0. The topological polar surface area (TPSA) is 116 Å². The summed E-state index contributed by atoms with van der Waals surface area (Å²) in [6.07, 6.45) is 0. The molecule has 0 saturated heterocycles. The van der Waals surface area contributed by atoms with E-state index < -0.39 is 11.9 Å². The van der Waals surface area contributed by atoms with E-state index >= 15 is 0 Å². The summed E-state index contributed by atoms with van der Waals surface area (Å²) < 4.78 is 0. The summed E-state index contributed by atoms with van der Waals surface area (Å²) in [6, 6.07) is 12.3. The molecule has 0 saturated carbocycles. The minimum atomic E-state index is -1.12. The summed E-state index contributed by atoms with van der Waals surface area (Å²) in [5.41, 5.74) is 6.82. The molecule has 0 unspecified atom stereocenters. The number of rotatable bonds is 3. The lowest BCUT2D eigenvalue weighted by Crippen LogP contribution is -2.14. The number of nitrogens with zero attached hydrogens (tertiary/aromatic N) is 1. The van der Waals surface area contributed by atoms with Gasteiger partial charge in [0.1, 0.15) is 0 Å². The molecule has 0 fully saturated rings. The number of benzene rings is 2. The summed E-state index contributed by atoms with van der Waals surface area (Å²) in [4.78, 5) is 22.9. The van der Waals surface area contributed by atoms with Crippen molar-refractivity contribution < 1.29 is 14.7 Å². The van der Waals surface area contributed by atoms with E-state index in [9.17, 15) is 9.59 Å². The average molecular weight is 281 g/mol. The second-order valence-corrected chi connectivity index (χ2v) is 4.25. The predicted molar refractivity (Wildman–Crippen MR) is 76.9 cm³/mol. The molecule has 0 aromatic heterocycles. The number of carbonyl (C=O) groups is 2. The van der Waals surface area contributed by atoms with Gasteiger partial charge in [-0.15, -0.1) is 0 Å². The van der Waals surface area contributed by atoms with Gasteiger partial charge >= 0.3 is 5.97 Å². The first-order valence-corrected chi connectivity index (χ1v) is 5.95. The fourth-order valence-corrected chi connectivity index (χ4v) is 1.77. The molecule has 0 spiro atoms. The lowest BCUT2D eigenvalue weighted by Gasteiger charge is -2.08. The van der Waals surface area contributed by atoms with Crippen LogP contribution in [-0.4, -0.2) is 17.0 Å². The molecule has 0 aliphatic carbocycles. The second-order valence-electron chi connectivity index (χ2n) is 4.25. The van der Waals surface area contributed by atoms with Crippen molar-refractivity contribution in [2.75, 3.05) is 11.1 Å². The number of carboxylic acids is 1. The van der Waals surface area contributed by atoms with Gasteiger partial charge in [-0.25, -0.2) is 4.79 Å². The van der Waals surface area contributed by atoms with Crippen LogP contribution in [0, 0.1) is 11.3 Å². The molecule has 21 heavy (non-hydrogen) atoms. The van der Waals surface area contributed by atoms with Gasteiger partial charge in [0, 0.05) is 11.4 Å². The van der Waals surface area contributed by atoms with Crippen molar-refractivity contribution in [3.8, 4) is 6.07 Å². The highest BCUT2D eigenvalue weighted by Gasteiger charge is 2.13. The van der Waals surface area contributed by atoms with Crippen molar-refractivity contribution in [3.05, 3.63) is 59.2 Å². The molecule has 2 aromatic carbocycles. The van der Waals surface area contributed by atoms with Crippen LogP contribution >= 0.6 is 0 Å². The number of amides is 1. The van der Waals surface area contributed by atoms with Crippen LogP contribution in [0.4, 0.5) is 11.4 Å². The Kier molecular flexibility index (Phi) is 3.86. The molecule has 2 aromatic rings. The normalized spacial score (nSPS) is 9.67. The molecular weight excluding hydrogens is 270 g/mol. The molecule has 2 rings (SSSR count). The first kappa shape index (κ1) is 14.1. The first-order valence-electron chi connectivity index (χ1n) is 5.95. The van der Waals surface area contributed by atoms with Crippen molar-refractivity contribution in [3.63, 3.8) is 0 Å². The average Bonchev–Trinajstić information content (AvgIpc) is 2.47. The van der Waals surface area contributed by atoms with Gasteiger partial charge in [-0.1, -0.05) is 6.07 Å². The maximum absolute atomic E-state index is 12.1. The molecule has 0 radical (unpaired) electrons. The summed E-state index contributed by atoms with van der Waals surface area (Å²) >= 11 is 0. The van der Waals surface area contributed by atoms with Gasteiger partial charge in [0.2, 0.25) is 0 Å². The van der Waals surface area contributed by atoms with Crippen molar-refractivity contribution in [1.29, 1.82) is 5.26 Å². The molecule has 6 nitrogen and oxygen atoms in total. The lowest BCUT2D eigenvalue weighted by molar-refractivity contribution is 0.0696. The van der Waals surface area contributed by atoms with E-state index in [4.69, 9.17) is 16.1 Å². The van der Waals surface area contributed by atoms with Gasteiger partial charge in [0.25, 0.3) is 5.91 Å². The van der Waals surface area contributed by atoms with Crippen LogP contribution in [-0.2, 0) is 0 Å². The summed E-state index contributed by atoms with van der Waals surface area (Å²) in [5, 5.41) is 20.3. The second kappa shape index (κ2) is 5.75. The number of anilines is 2. The Morgan fingerprint density at radius 3 is 2.57 bits per heavy atom. The molecule has 0 heterocycles. The van der Waals surface area contributed by atoms with E-state index in [-0.39, 0.29) is 16.8 Å². The molecule has 0 atom stereocenters. The SMILES string of the molecule is N#Cc1cccc(NC(=O)c2ccc(C(=O)O)cc2N)c1. The largest absolute Gasteiger partial charge is 0.478 e. The van der Waals surface area contributed by atoms with Gasteiger partial charge in [-0.3, -0.25) is 4.79 Å². The molecule has 0 aliphatic rings. The first-order chi connectivity index (χ1) is 10.0. The van der Waals surface area contributed by atoms with Crippen LogP contribution in [0.2, 0.25) is 0 Å². The zero-order chi connectivity index (χ0) is 15.4. The zero-order valence-corrected chi connectivity index (χ0v) is 10.8. The van der Waals surface area contributed by atoms with Crippen LogP contribution in [0.15, 0.2) is 42.5 Å². The monoisotopic (exact) mass is 281 g/mol. The lowest BCUT2D eigenvalue weighted by atomic mass is 10.1. The molecule has 0 aliphatic heterocycles. The standard InChI is InChI=1S/C15H11N3O3/c16-8-9-2-1-3-11(6-9)18-14(19)12-5-4-10(15(20)21)7-13(12)17/h1-7H,17H2,(H,18,19)(H,20,21). The summed E-state index contributed by atoms with van der Waals surface area (Å²) in [5.74, 6) is -1.59. The molecular formula is C15H11N3O3. The zero-order valence-electron chi connectivity index (χ0n) is 10.8. The molecule has 104 valence electrons. The molecule has 6 heteroatoms. The van der Waals surface area contributed by atoms with Crippen LogP contribution in [0.1, 0.15) is 26.3 Å². The van der Waals surface area contributed by atoms with E-state index in [2.05, 4.69) is 5.32 Å². The highest BCUT2D eigenvalue weighted by molar-refractivity contribution is 6.08. The van der Waals surface area contributed by atoms with E-state index in [1.54, 1.807) is 18.2 Å². The van der Waals surface area contributed by atoms with Crippen molar-refractivity contribution >= 4 is 23.3 Å². The Balaban J connectivity index is 2.24. The maximum atomic E-state index is 12.1. The number of hydrogen-bond donors (Lipinski definition) is 3. The van der Waals surface area contributed by atoms with E-state index in [0.29, 0.717) is 11.3 Å². The van der Waals surface area contributed by atoms with E-state index in [1.807, 2.05) is 6.07 Å². The Labute approximate surface area is 120 Å². The number of nitrogens with two attached hydrogens (primary N) is 1. The minimum Gasteiger partial charge on any atom is -0.478 e. The van der Waals surface area contributed by atoms with Gasteiger partial charge in [0.15, 0.2) is 0 Å². The van der Waals surface area contributed by atoms with Crippen LogP contribution < -0.4 is 11.1 Å². The Hall–Kier alpha value is -3.33. The third-order valence-electron chi connectivity index (χ3n) is 2.79. The minimum absolute atomic E-state index is 0.00975. The molecule has 1 amide bonds. The summed E-state index contributed by atoms with van der Waals surface area (Å²) in [6.45, 7) is 0. The van der Waals surface area contributed by atoms with Gasteiger partial charge in [-0.05, 0) is 36.4 Å². The highest BCUT2D eigenvalue weighted by atomic mass is 16.4. The predicted octanol–water partition coefficient (Wildman–Crippen LogP) is 2.09. The highest BCUT2D eigenvalue weighted by Crippen LogP contribution is 2.17. The Morgan fingerprint density at radius 1 is 1.19 bits per heavy atom. The Morgan fingerprint density at radius 2 is 1.95 bits per heavy atom. The third-order valence-corrected chi connectivity index (χ3v) is 2.79. The Bertz CT molecular complexity index is 763.